The van der Waals surface area contributed by atoms with Crippen molar-refractivity contribution in [3.63, 3.8) is 0 Å². The van der Waals surface area contributed by atoms with Crippen molar-refractivity contribution in [2.45, 2.75) is 73.3 Å². The van der Waals surface area contributed by atoms with Gasteiger partial charge in [0.2, 0.25) is 0 Å². The highest BCUT2D eigenvalue weighted by atomic mass is 19.3. The summed E-state index contributed by atoms with van der Waals surface area (Å²) in [6.07, 6.45) is -0.367. The molecule has 0 amide bonds. The number of aryl methyl sites for hydroxylation is 2. The number of carboxylic acids is 1. The third-order valence-electron chi connectivity index (χ3n) is 6.30. The minimum atomic E-state index is -2.64. The largest absolute Gasteiger partial charge is 0.493 e. The number of halogens is 2. The first-order valence-corrected chi connectivity index (χ1v) is 13.2. The van der Waals surface area contributed by atoms with E-state index in [4.69, 9.17) is 9.84 Å². The van der Waals surface area contributed by atoms with Crippen LogP contribution in [0.25, 0.3) is 32.8 Å². The molecule has 0 fully saturated rings. The zero-order valence-electron chi connectivity index (χ0n) is 23.7. The van der Waals surface area contributed by atoms with Gasteiger partial charge >= 0.3 is 5.97 Å². The number of rotatable bonds is 4. The van der Waals surface area contributed by atoms with E-state index in [0.29, 0.717) is 45.1 Å². The fraction of sp³-hybridized carbons (Fsp3) is 0.375. The molecule has 0 spiro atoms. The topological polar surface area (TPSA) is 79.7 Å². The van der Waals surface area contributed by atoms with Gasteiger partial charge in [0, 0.05) is 29.1 Å². The van der Waals surface area contributed by atoms with E-state index in [1.165, 1.54) is 0 Å². The van der Waals surface area contributed by atoms with E-state index in [2.05, 4.69) is 4.98 Å². The van der Waals surface area contributed by atoms with Gasteiger partial charge in [-0.15, -0.1) is 0 Å². The molecule has 1 aromatic heterocycles. The second-order valence-corrected chi connectivity index (χ2v) is 10.4. The summed E-state index contributed by atoms with van der Waals surface area (Å²) in [4.78, 5) is 16.4. The molecule has 4 aromatic rings. The highest BCUT2D eigenvalue weighted by Crippen LogP contribution is 2.44. The molecule has 0 radical (unpaired) electrons. The summed E-state index contributed by atoms with van der Waals surface area (Å²) in [5.41, 5.74) is 4.43. The van der Waals surface area contributed by atoms with Crippen molar-refractivity contribution < 1.29 is 28.5 Å². The van der Waals surface area contributed by atoms with Crippen LogP contribution in [0.15, 0.2) is 42.6 Å². The lowest BCUT2D eigenvalue weighted by Gasteiger charge is -2.22. The van der Waals surface area contributed by atoms with Crippen LogP contribution in [-0.4, -0.2) is 33.4 Å². The van der Waals surface area contributed by atoms with Crippen molar-refractivity contribution in [1.82, 2.24) is 4.98 Å². The predicted octanol–water partition coefficient (Wildman–Crippen LogP) is 7.97. The van der Waals surface area contributed by atoms with Crippen LogP contribution in [0, 0.1) is 13.8 Å². The first kappa shape index (κ1) is 30.0. The Morgan fingerprint density at radius 2 is 1.72 bits per heavy atom. The maximum atomic E-state index is 14.0. The summed E-state index contributed by atoms with van der Waals surface area (Å²) in [5.74, 6) is -0.243. The zero-order valence-corrected chi connectivity index (χ0v) is 23.7. The molecule has 7 heteroatoms. The first-order valence-electron chi connectivity index (χ1n) is 13.2. The second-order valence-electron chi connectivity index (χ2n) is 10.4. The number of hydrogen-bond donors (Lipinski definition) is 2. The lowest BCUT2D eigenvalue weighted by atomic mass is 9.85. The molecular formula is C32H37F2NO4. The van der Waals surface area contributed by atoms with Crippen molar-refractivity contribution in [2.75, 3.05) is 6.61 Å². The van der Waals surface area contributed by atoms with Gasteiger partial charge in [-0.2, -0.15) is 0 Å². The van der Waals surface area contributed by atoms with Crippen molar-refractivity contribution in [1.29, 1.82) is 0 Å². The van der Waals surface area contributed by atoms with Crippen LogP contribution in [0.1, 0.15) is 68.9 Å². The molecular weight excluding hydrogens is 500 g/mol. The molecule has 208 valence electrons. The Morgan fingerprint density at radius 1 is 1.05 bits per heavy atom. The number of nitrogens with zero attached hydrogens (tertiary/aromatic N) is 1. The van der Waals surface area contributed by atoms with Crippen LogP contribution in [-0.2, 0) is 17.6 Å². The molecule has 2 heterocycles. The smallest absolute Gasteiger partial charge is 0.307 e. The van der Waals surface area contributed by atoms with Crippen LogP contribution in [0.4, 0.5) is 8.78 Å². The van der Waals surface area contributed by atoms with Crippen LogP contribution in [0.3, 0.4) is 0 Å². The Labute approximate surface area is 228 Å². The van der Waals surface area contributed by atoms with E-state index < -0.39 is 18.0 Å². The molecule has 0 saturated carbocycles. The standard InChI is InChI=1S/C26H21F2NO3.C4H10O.C2H6/c1-13-3-4-16-19(22(13)26(27)28)11-14(2)18(12-21(30)31)24(16)17-5-6-20-23-15(8-10-32-20)7-9-29-25(17)23;1-4(2,3)5;1-2/h3-7,9,11,26H,8,10,12H2,1-2H3,(H,30,31);5H,1-3H3;1-2H3. The number of ether oxygens (including phenoxy) is 1. The minimum Gasteiger partial charge on any atom is -0.493 e. The highest BCUT2D eigenvalue weighted by Gasteiger charge is 2.24. The number of pyridine rings is 1. The third kappa shape index (κ3) is 6.53. The van der Waals surface area contributed by atoms with Gasteiger partial charge in [0.05, 0.1) is 24.1 Å². The summed E-state index contributed by atoms with van der Waals surface area (Å²) in [6.45, 7) is 13.3. The second kappa shape index (κ2) is 12.1. The number of fused-ring (bicyclic) bond motifs is 1. The lowest BCUT2D eigenvalue weighted by molar-refractivity contribution is -0.136. The maximum absolute atomic E-state index is 14.0. The SMILES string of the molecule is CC.CC(C)(C)O.Cc1cc2c(C(F)F)c(C)ccc2c(-c2ccc3c4c(ccnc24)CCO3)c1CC(=O)O. The fourth-order valence-electron chi connectivity index (χ4n) is 4.86. The number of aromatic nitrogens is 1. The lowest BCUT2D eigenvalue weighted by Crippen LogP contribution is -2.10. The first-order chi connectivity index (χ1) is 18.4. The van der Waals surface area contributed by atoms with E-state index in [1.807, 2.05) is 38.1 Å². The number of benzene rings is 3. The molecule has 1 aliphatic heterocycles. The van der Waals surface area contributed by atoms with Gasteiger partial charge in [-0.05, 0) is 91.4 Å². The predicted molar refractivity (Wildman–Crippen MR) is 153 cm³/mol. The van der Waals surface area contributed by atoms with Crippen LogP contribution in [0.5, 0.6) is 5.75 Å². The summed E-state index contributed by atoms with van der Waals surface area (Å²) in [5, 5.41) is 20.1. The van der Waals surface area contributed by atoms with E-state index in [-0.39, 0.29) is 12.0 Å². The van der Waals surface area contributed by atoms with Gasteiger partial charge in [-0.25, -0.2) is 8.78 Å². The van der Waals surface area contributed by atoms with Crippen molar-refractivity contribution in [3.05, 3.63) is 70.4 Å². The Morgan fingerprint density at radius 3 is 2.33 bits per heavy atom. The van der Waals surface area contributed by atoms with E-state index in [1.54, 1.807) is 52.9 Å². The molecule has 0 bridgehead atoms. The Kier molecular flexibility index (Phi) is 9.28. The van der Waals surface area contributed by atoms with Crippen LogP contribution in [0.2, 0.25) is 0 Å². The molecule has 2 N–H and O–H groups in total. The summed E-state index contributed by atoms with van der Waals surface area (Å²) in [6, 6.07) is 10.9. The third-order valence-corrected chi connectivity index (χ3v) is 6.30. The van der Waals surface area contributed by atoms with Gasteiger partial charge < -0.3 is 14.9 Å². The molecule has 0 unspecified atom stereocenters. The normalized spacial score (nSPS) is 12.4. The average molecular weight is 538 g/mol. The number of aliphatic carboxylic acids is 1. The summed E-state index contributed by atoms with van der Waals surface area (Å²) in [7, 11) is 0. The van der Waals surface area contributed by atoms with Crippen molar-refractivity contribution in [2.24, 2.45) is 0 Å². The summed E-state index contributed by atoms with van der Waals surface area (Å²) < 4.78 is 33.9. The average Bonchev–Trinajstić information content (AvgIpc) is 2.85. The maximum Gasteiger partial charge on any atom is 0.307 e. The van der Waals surface area contributed by atoms with Gasteiger partial charge in [0.25, 0.3) is 6.43 Å². The molecule has 3 aromatic carbocycles. The minimum absolute atomic E-state index is 0.0206. The van der Waals surface area contributed by atoms with Crippen molar-refractivity contribution in [3.8, 4) is 16.9 Å². The highest BCUT2D eigenvalue weighted by molar-refractivity contribution is 6.09. The van der Waals surface area contributed by atoms with Crippen LogP contribution >= 0.6 is 0 Å². The monoisotopic (exact) mass is 537 g/mol. The van der Waals surface area contributed by atoms with E-state index in [0.717, 1.165) is 28.7 Å². The number of carbonyl (C=O) groups is 1. The van der Waals surface area contributed by atoms with Gasteiger partial charge in [-0.1, -0.05) is 32.0 Å². The van der Waals surface area contributed by atoms with Gasteiger partial charge in [0.15, 0.2) is 0 Å². The van der Waals surface area contributed by atoms with Gasteiger partial charge in [-0.3, -0.25) is 9.78 Å². The van der Waals surface area contributed by atoms with Crippen molar-refractivity contribution >= 4 is 27.6 Å². The molecule has 0 saturated heterocycles. The zero-order chi connectivity index (χ0) is 29.1. The number of aliphatic hydroxyl groups is 1. The molecule has 0 atom stereocenters. The number of hydrogen-bond acceptors (Lipinski definition) is 4. The van der Waals surface area contributed by atoms with Gasteiger partial charge in [0.1, 0.15) is 5.75 Å². The molecule has 5 nitrogen and oxygen atoms in total. The molecule has 0 aliphatic carbocycles. The fourth-order valence-corrected chi connectivity index (χ4v) is 4.86. The van der Waals surface area contributed by atoms with Crippen LogP contribution < -0.4 is 4.74 Å². The summed E-state index contributed by atoms with van der Waals surface area (Å²) >= 11 is 0. The molecule has 39 heavy (non-hydrogen) atoms. The molecule has 5 rings (SSSR count). The molecule has 1 aliphatic rings. The number of alkyl halides is 2. The Hall–Kier alpha value is -3.58. The quantitative estimate of drug-likeness (QED) is 0.276. The van der Waals surface area contributed by atoms with E-state index >= 15 is 0 Å². The van der Waals surface area contributed by atoms with E-state index in [9.17, 15) is 18.7 Å². The Balaban J connectivity index is 0.000000542. The Bertz CT molecular complexity index is 1490. The number of carboxylic acid groups (broad SMARTS) is 1.